The normalized spacial score (nSPS) is 21.1. The highest BCUT2D eigenvalue weighted by molar-refractivity contribution is 7.99. The number of thioether (sulfide) groups is 1. The van der Waals surface area contributed by atoms with Crippen LogP contribution in [0.4, 0.5) is 0 Å². The molecule has 1 heterocycles. The largest absolute Gasteiger partial charge is 0.488 e. The van der Waals surface area contributed by atoms with Gasteiger partial charge in [-0.1, -0.05) is 24.3 Å². The van der Waals surface area contributed by atoms with Gasteiger partial charge in [0.1, 0.15) is 0 Å². The van der Waals surface area contributed by atoms with Crippen molar-refractivity contribution in [2.75, 3.05) is 12.3 Å². The monoisotopic (exact) mass is 209 g/mol. The second-order valence-electron chi connectivity index (χ2n) is 3.25. The van der Waals surface area contributed by atoms with Gasteiger partial charge in [-0.05, 0) is 11.0 Å². The van der Waals surface area contributed by atoms with Crippen LogP contribution in [-0.2, 0) is 0 Å². The van der Waals surface area contributed by atoms with Gasteiger partial charge in [-0.3, -0.25) is 0 Å². The Morgan fingerprint density at radius 2 is 2.00 bits per heavy atom. The van der Waals surface area contributed by atoms with Crippen LogP contribution in [0.5, 0.6) is 0 Å². The molecule has 3 nitrogen and oxygen atoms in total. The molecular weight excluding hydrogens is 197 g/mol. The molecule has 1 aliphatic heterocycles. The van der Waals surface area contributed by atoms with Crippen LogP contribution in [0.3, 0.4) is 0 Å². The van der Waals surface area contributed by atoms with Crippen LogP contribution in [0.1, 0.15) is 10.9 Å². The summed E-state index contributed by atoms with van der Waals surface area (Å²) < 4.78 is 0. The van der Waals surface area contributed by atoms with E-state index in [4.69, 9.17) is 10.0 Å². The zero-order valence-electron chi connectivity index (χ0n) is 7.68. The van der Waals surface area contributed by atoms with Crippen LogP contribution in [0, 0.1) is 0 Å². The SMILES string of the molecule is OB(O)c1ccc([C@@H]2NCCS2)cc1. The van der Waals surface area contributed by atoms with Crippen LogP contribution in [0.25, 0.3) is 0 Å². The van der Waals surface area contributed by atoms with Gasteiger partial charge in [0.05, 0.1) is 5.37 Å². The van der Waals surface area contributed by atoms with E-state index < -0.39 is 7.12 Å². The third kappa shape index (κ3) is 2.12. The molecule has 0 radical (unpaired) electrons. The Kier molecular flexibility index (Phi) is 3.13. The number of rotatable bonds is 2. The lowest BCUT2D eigenvalue weighted by Gasteiger charge is -2.10. The number of nitrogens with one attached hydrogen (secondary N) is 1. The van der Waals surface area contributed by atoms with Crippen molar-refractivity contribution in [1.82, 2.24) is 5.32 Å². The molecule has 1 saturated heterocycles. The minimum Gasteiger partial charge on any atom is -0.423 e. The molecule has 5 heteroatoms. The zero-order chi connectivity index (χ0) is 9.97. The summed E-state index contributed by atoms with van der Waals surface area (Å²) in [4.78, 5) is 0. The van der Waals surface area contributed by atoms with Crippen LogP contribution >= 0.6 is 11.8 Å². The topological polar surface area (TPSA) is 52.5 Å². The summed E-state index contributed by atoms with van der Waals surface area (Å²) in [6.45, 7) is 1.04. The molecule has 0 aliphatic carbocycles. The summed E-state index contributed by atoms with van der Waals surface area (Å²) in [5, 5.41) is 21.5. The predicted octanol–water partition coefficient (Wildman–Crippen LogP) is -0.299. The van der Waals surface area contributed by atoms with Gasteiger partial charge in [-0.15, -0.1) is 11.8 Å². The molecular formula is C9H12BNO2S. The van der Waals surface area contributed by atoms with Crippen molar-refractivity contribution in [3.63, 3.8) is 0 Å². The average Bonchev–Trinajstić information content (AvgIpc) is 2.71. The maximum atomic E-state index is 8.91. The molecule has 1 aromatic carbocycles. The Morgan fingerprint density at radius 3 is 2.50 bits per heavy atom. The number of hydrogen-bond acceptors (Lipinski definition) is 4. The average molecular weight is 209 g/mol. The molecule has 0 spiro atoms. The predicted molar refractivity (Wildman–Crippen MR) is 59.5 cm³/mol. The standard InChI is InChI=1S/C9H12BNO2S/c12-10(13)8-3-1-7(2-4-8)9-11-5-6-14-9/h1-4,9,11-13H,5-6H2/t9-/m1/s1. The van der Waals surface area contributed by atoms with Gasteiger partial charge in [-0.25, -0.2) is 0 Å². The van der Waals surface area contributed by atoms with Gasteiger partial charge in [0.15, 0.2) is 0 Å². The fraction of sp³-hybridized carbons (Fsp3) is 0.333. The van der Waals surface area contributed by atoms with Crippen molar-refractivity contribution in [2.45, 2.75) is 5.37 Å². The van der Waals surface area contributed by atoms with Gasteiger partial charge in [-0.2, -0.15) is 0 Å². The summed E-state index contributed by atoms with van der Waals surface area (Å²) in [5.74, 6) is 1.13. The van der Waals surface area contributed by atoms with Crippen LogP contribution < -0.4 is 10.8 Å². The van der Waals surface area contributed by atoms with E-state index in [2.05, 4.69) is 5.32 Å². The van der Waals surface area contributed by atoms with E-state index in [9.17, 15) is 0 Å². The molecule has 0 bridgehead atoms. The van der Waals surface area contributed by atoms with E-state index in [1.54, 1.807) is 12.1 Å². The molecule has 74 valence electrons. The first kappa shape index (κ1) is 10.0. The van der Waals surface area contributed by atoms with Crippen LogP contribution in [0.15, 0.2) is 24.3 Å². The molecule has 0 amide bonds. The highest BCUT2D eigenvalue weighted by Gasteiger charge is 2.17. The maximum absolute atomic E-state index is 8.91. The molecule has 0 saturated carbocycles. The van der Waals surface area contributed by atoms with Crippen molar-refractivity contribution < 1.29 is 10.0 Å². The van der Waals surface area contributed by atoms with Crippen molar-refractivity contribution in [2.24, 2.45) is 0 Å². The van der Waals surface area contributed by atoms with Gasteiger partial charge in [0, 0.05) is 12.3 Å². The van der Waals surface area contributed by atoms with Crippen molar-refractivity contribution in [1.29, 1.82) is 0 Å². The van der Waals surface area contributed by atoms with Crippen molar-refractivity contribution in [3.05, 3.63) is 29.8 Å². The second-order valence-corrected chi connectivity index (χ2v) is 4.46. The van der Waals surface area contributed by atoms with E-state index in [1.165, 1.54) is 5.56 Å². The van der Waals surface area contributed by atoms with Gasteiger partial charge in [0.2, 0.25) is 0 Å². The lowest BCUT2D eigenvalue weighted by atomic mass is 9.80. The number of hydrogen-bond donors (Lipinski definition) is 3. The third-order valence-electron chi connectivity index (χ3n) is 2.25. The summed E-state index contributed by atoms with van der Waals surface area (Å²) in [6, 6.07) is 7.37. The lowest BCUT2D eigenvalue weighted by Crippen LogP contribution is -2.29. The highest BCUT2D eigenvalue weighted by atomic mass is 32.2. The smallest absolute Gasteiger partial charge is 0.423 e. The fourth-order valence-corrected chi connectivity index (χ4v) is 2.54. The first-order valence-electron chi connectivity index (χ1n) is 4.58. The van der Waals surface area contributed by atoms with E-state index in [-0.39, 0.29) is 0 Å². The van der Waals surface area contributed by atoms with Gasteiger partial charge in [0.25, 0.3) is 0 Å². The summed E-state index contributed by atoms with van der Waals surface area (Å²) >= 11 is 1.87. The summed E-state index contributed by atoms with van der Waals surface area (Å²) in [7, 11) is -1.37. The van der Waals surface area contributed by atoms with E-state index in [0.717, 1.165) is 12.3 Å². The molecule has 1 aromatic rings. The van der Waals surface area contributed by atoms with Crippen molar-refractivity contribution >= 4 is 24.3 Å². The highest BCUT2D eigenvalue weighted by Crippen LogP contribution is 2.28. The van der Waals surface area contributed by atoms with Gasteiger partial charge >= 0.3 is 7.12 Å². The second kappa shape index (κ2) is 4.36. The first-order valence-corrected chi connectivity index (χ1v) is 5.63. The molecule has 1 aliphatic rings. The van der Waals surface area contributed by atoms with Crippen LogP contribution in [0.2, 0.25) is 0 Å². The Morgan fingerprint density at radius 1 is 1.29 bits per heavy atom. The molecule has 2 rings (SSSR count). The third-order valence-corrected chi connectivity index (χ3v) is 3.47. The Bertz CT molecular complexity index is 298. The summed E-state index contributed by atoms with van der Waals surface area (Å²) in [6.07, 6.45) is 0. The Labute approximate surface area is 87.7 Å². The van der Waals surface area contributed by atoms with E-state index >= 15 is 0 Å². The lowest BCUT2D eigenvalue weighted by molar-refractivity contribution is 0.426. The number of benzene rings is 1. The van der Waals surface area contributed by atoms with Crippen molar-refractivity contribution in [3.8, 4) is 0 Å². The van der Waals surface area contributed by atoms with Crippen LogP contribution in [-0.4, -0.2) is 29.5 Å². The minimum absolute atomic E-state index is 0.361. The molecule has 14 heavy (non-hydrogen) atoms. The maximum Gasteiger partial charge on any atom is 0.488 e. The minimum atomic E-state index is -1.37. The molecule has 1 atom stereocenters. The Balaban J connectivity index is 2.12. The first-order chi connectivity index (χ1) is 6.77. The Hall–Kier alpha value is -0.485. The van der Waals surface area contributed by atoms with Gasteiger partial charge < -0.3 is 15.4 Å². The molecule has 0 aromatic heterocycles. The molecule has 3 N–H and O–H groups in total. The van der Waals surface area contributed by atoms with E-state index in [1.807, 2.05) is 23.9 Å². The molecule has 0 unspecified atom stereocenters. The quantitative estimate of drug-likeness (QED) is 0.585. The van der Waals surface area contributed by atoms with E-state index in [0.29, 0.717) is 10.8 Å². The fourth-order valence-electron chi connectivity index (χ4n) is 1.48. The zero-order valence-corrected chi connectivity index (χ0v) is 8.50. The summed E-state index contributed by atoms with van der Waals surface area (Å²) in [5.41, 5.74) is 1.73. The molecule has 1 fully saturated rings.